The van der Waals surface area contributed by atoms with E-state index in [4.69, 9.17) is 4.98 Å². The van der Waals surface area contributed by atoms with Crippen LogP contribution < -0.4 is 21.9 Å². The van der Waals surface area contributed by atoms with Gasteiger partial charge in [-0.3, -0.25) is 4.79 Å². The van der Waals surface area contributed by atoms with Crippen molar-refractivity contribution in [2.45, 2.75) is 52.5 Å². The lowest BCUT2D eigenvalue weighted by Gasteiger charge is -2.32. The molecule has 240 valence electrons. The third kappa shape index (κ3) is 7.70. The van der Waals surface area contributed by atoms with Gasteiger partial charge in [-0.2, -0.15) is 0 Å². The molecule has 0 aliphatic heterocycles. The average Bonchev–Trinajstić information content (AvgIpc) is 3.40. The van der Waals surface area contributed by atoms with Crippen LogP contribution in [0.5, 0.6) is 0 Å². The molecule has 0 bridgehead atoms. The number of halogens is 1. The molecular formula is C38H50BrN5O. The van der Waals surface area contributed by atoms with E-state index in [0.717, 1.165) is 75.2 Å². The highest BCUT2D eigenvalue weighted by Crippen LogP contribution is 2.37. The molecule has 0 saturated carbocycles. The van der Waals surface area contributed by atoms with Crippen molar-refractivity contribution in [1.82, 2.24) is 14.5 Å². The van der Waals surface area contributed by atoms with Gasteiger partial charge in [-0.15, -0.1) is 0 Å². The number of hydrogen-bond acceptors (Lipinski definition) is 3. The monoisotopic (exact) mass is 671 g/mol. The number of anilines is 1. The quantitative estimate of drug-likeness (QED) is 0.124. The minimum absolute atomic E-state index is 0. The molecule has 1 amide bonds. The SMILES string of the molecule is CCCCN(CCCC)C(=O)C[N+](C)(C)CCCn1c(-c2ccc(N(C)C)cc2)nc2c3ccccc3c3ccccc3c21.[Br-]. The topological polar surface area (TPSA) is 41.4 Å². The number of benzene rings is 4. The van der Waals surface area contributed by atoms with Gasteiger partial charge < -0.3 is 35.8 Å². The van der Waals surface area contributed by atoms with Crippen LogP contribution in [-0.2, 0) is 11.3 Å². The Balaban J connectivity index is 0.00000461. The molecule has 5 aromatic rings. The van der Waals surface area contributed by atoms with E-state index in [2.05, 4.69) is 129 Å². The first-order chi connectivity index (χ1) is 21.2. The van der Waals surface area contributed by atoms with Gasteiger partial charge in [-0.05, 0) is 47.9 Å². The summed E-state index contributed by atoms with van der Waals surface area (Å²) >= 11 is 0. The van der Waals surface area contributed by atoms with Gasteiger partial charge in [0, 0.05) is 62.2 Å². The minimum Gasteiger partial charge on any atom is -1.00 e. The largest absolute Gasteiger partial charge is 1.00 e. The number of carbonyl (C=O) groups is 1. The third-order valence-corrected chi connectivity index (χ3v) is 8.89. The summed E-state index contributed by atoms with van der Waals surface area (Å²) in [6.45, 7) is 8.39. The molecule has 0 radical (unpaired) electrons. The van der Waals surface area contributed by atoms with E-state index in [1.807, 2.05) is 0 Å². The zero-order valence-corrected chi connectivity index (χ0v) is 29.6. The van der Waals surface area contributed by atoms with Gasteiger partial charge in [0.15, 0.2) is 6.54 Å². The first-order valence-electron chi connectivity index (χ1n) is 16.4. The zero-order chi connectivity index (χ0) is 31.3. The van der Waals surface area contributed by atoms with Crippen molar-refractivity contribution in [2.75, 3.05) is 59.3 Å². The molecule has 0 fully saturated rings. The van der Waals surface area contributed by atoms with Crippen LogP contribution in [0.2, 0.25) is 0 Å². The second-order valence-corrected chi connectivity index (χ2v) is 13.1. The predicted molar refractivity (Wildman–Crippen MR) is 187 cm³/mol. The maximum atomic E-state index is 13.4. The minimum atomic E-state index is 0. The van der Waals surface area contributed by atoms with E-state index in [0.29, 0.717) is 11.0 Å². The zero-order valence-electron chi connectivity index (χ0n) is 28.0. The average molecular weight is 673 g/mol. The molecule has 0 aliphatic rings. The molecule has 0 N–H and O–H groups in total. The Hall–Kier alpha value is -3.42. The van der Waals surface area contributed by atoms with Gasteiger partial charge in [-0.25, -0.2) is 4.98 Å². The van der Waals surface area contributed by atoms with Gasteiger partial charge in [-0.1, -0.05) is 75.2 Å². The normalized spacial score (nSPS) is 11.7. The maximum absolute atomic E-state index is 13.4. The van der Waals surface area contributed by atoms with Crippen LogP contribution in [-0.4, -0.2) is 79.2 Å². The lowest BCUT2D eigenvalue weighted by Crippen LogP contribution is -3.00. The van der Waals surface area contributed by atoms with Gasteiger partial charge in [0.25, 0.3) is 5.91 Å². The van der Waals surface area contributed by atoms with E-state index in [1.54, 1.807) is 0 Å². The summed E-state index contributed by atoms with van der Waals surface area (Å²) in [4.78, 5) is 23.0. The number of likely N-dealkylation sites (N-methyl/N-ethyl adjacent to an activating group) is 1. The van der Waals surface area contributed by atoms with E-state index in [-0.39, 0.29) is 22.9 Å². The molecule has 45 heavy (non-hydrogen) atoms. The Labute approximate surface area is 280 Å². The number of imidazole rings is 1. The molecule has 0 unspecified atom stereocenters. The molecule has 6 nitrogen and oxygen atoms in total. The van der Waals surface area contributed by atoms with Crippen LogP contribution in [0.3, 0.4) is 0 Å². The number of unbranched alkanes of at least 4 members (excludes halogenated alkanes) is 2. The van der Waals surface area contributed by atoms with Crippen LogP contribution in [0.1, 0.15) is 46.0 Å². The first-order valence-corrected chi connectivity index (χ1v) is 16.4. The number of aryl methyl sites for hydroxylation is 1. The summed E-state index contributed by atoms with van der Waals surface area (Å²) < 4.78 is 3.11. The summed E-state index contributed by atoms with van der Waals surface area (Å²) in [5.74, 6) is 1.28. The highest BCUT2D eigenvalue weighted by Gasteiger charge is 2.25. The summed E-state index contributed by atoms with van der Waals surface area (Å²) in [5.41, 5.74) is 4.53. The first kappa shape index (κ1) is 34.5. The molecular weight excluding hydrogens is 622 g/mol. The second-order valence-electron chi connectivity index (χ2n) is 13.1. The maximum Gasteiger partial charge on any atom is 0.277 e. The molecule has 0 atom stereocenters. The fourth-order valence-corrected chi connectivity index (χ4v) is 6.37. The van der Waals surface area contributed by atoms with Gasteiger partial charge in [0.2, 0.25) is 0 Å². The standard InChI is InChI=1S/C38H50N5O.BrH/c1-7-9-24-41(25-10-8-2)35(44)28-43(5,6)27-15-26-42-37-34-19-14-12-17-32(34)31-16-11-13-18-33(31)36(37)39-38(42)29-20-22-30(23-21-29)40(3)4;/h11-14,16-23H,7-10,15,24-28H2,1-6H3;1H/q+1;/p-1. The molecule has 1 aromatic heterocycles. The Kier molecular flexibility index (Phi) is 11.7. The van der Waals surface area contributed by atoms with Crippen LogP contribution in [0.4, 0.5) is 5.69 Å². The molecule has 0 saturated heterocycles. The Bertz CT molecular complexity index is 1720. The van der Waals surface area contributed by atoms with Crippen LogP contribution in [0.15, 0.2) is 72.8 Å². The number of carbonyl (C=O) groups excluding carboxylic acids is 1. The Morgan fingerprint density at radius 2 is 1.33 bits per heavy atom. The van der Waals surface area contributed by atoms with E-state index >= 15 is 0 Å². The van der Waals surface area contributed by atoms with Crippen molar-refractivity contribution in [2.24, 2.45) is 0 Å². The highest BCUT2D eigenvalue weighted by atomic mass is 79.9. The van der Waals surface area contributed by atoms with Crippen molar-refractivity contribution < 1.29 is 26.3 Å². The number of quaternary nitrogens is 1. The number of aromatic nitrogens is 2. The number of amides is 1. The third-order valence-electron chi connectivity index (χ3n) is 8.89. The van der Waals surface area contributed by atoms with Crippen molar-refractivity contribution in [3.8, 4) is 11.4 Å². The van der Waals surface area contributed by atoms with Crippen molar-refractivity contribution in [3.05, 3.63) is 72.8 Å². The van der Waals surface area contributed by atoms with Crippen molar-refractivity contribution in [3.63, 3.8) is 0 Å². The van der Waals surface area contributed by atoms with Crippen LogP contribution >= 0.6 is 0 Å². The summed E-state index contributed by atoms with van der Waals surface area (Å²) in [6.07, 6.45) is 5.29. The molecule has 0 aliphatic carbocycles. The molecule has 1 heterocycles. The van der Waals surface area contributed by atoms with E-state index < -0.39 is 0 Å². The summed E-state index contributed by atoms with van der Waals surface area (Å²) in [6, 6.07) is 26.1. The Morgan fingerprint density at radius 3 is 1.91 bits per heavy atom. The molecule has 4 aromatic carbocycles. The number of fused-ring (bicyclic) bond motifs is 6. The van der Waals surface area contributed by atoms with E-state index in [9.17, 15) is 4.79 Å². The summed E-state index contributed by atoms with van der Waals surface area (Å²) in [7, 11) is 8.54. The van der Waals surface area contributed by atoms with E-state index in [1.165, 1.54) is 32.7 Å². The van der Waals surface area contributed by atoms with Gasteiger partial charge in [0.05, 0.1) is 31.7 Å². The lowest BCUT2D eigenvalue weighted by atomic mass is 10.00. The fourth-order valence-electron chi connectivity index (χ4n) is 6.37. The lowest BCUT2D eigenvalue weighted by molar-refractivity contribution is -0.883. The van der Waals surface area contributed by atoms with Crippen LogP contribution in [0, 0.1) is 0 Å². The molecule has 5 rings (SSSR count). The summed E-state index contributed by atoms with van der Waals surface area (Å²) in [5, 5.41) is 4.91. The number of nitrogens with zero attached hydrogens (tertiary/aromatic N) is 5. The molecule has 0 spiro atoms. The van der Waals surface area contributed by atoms with Crippen molar-refractivity contribution in [1.29, 1.82) is 0 Å². The number of hydrogen-bond donors (Lipinski definition) is 0. The second kappa shape index (κ2) is 15.2. The predicted octanol–water partition coefficient (Wildman–Crippen LogP) is 4.98. The smallest absolute Gasteiger partial charge is 0.277 e. The van der Waals surface area contributed by atoms with Gasteiger partial charge in [0.1, 0.15) is 5.82 Å². The number of rotatable bonds is 14. The fraction of sp³-hybridized carbons (Fsp3) is 0.421. The highest BCUT2D eigenvalue weighted by molar-refractivity contribution is 6.23. The van der Waals surface area contributed by atoms with Crippen molar-refractivity contribution >= 4 is 44.2 Å². The van der Waals surface area contributed by atoms with Gasteiger partial charge >= 0.3 is 0 Å². The Morgan fingerprint density at radius 1 is 0.778 bits per heavy atom. The molecule has 7 heteroatoms. The van der Waals surface area contributed by atoms with Crippen LogP contribution in [0.25, 0.3) is 44.0 Å².